The molecule has 0 unspecified atom stereocenters. The van der Waals surface area contributed by atoms with Crippen molar-refractivity contribution in [3.05, 3.63) is 98.5 Å². The number of nitro groups is 1. The van der Waals surface area contributed by atoms with Gasteiger partial charge in [-0.1, -0.05) is 22.0 Å². The maximum atomic E-state index is 12.2. The van der Waals surface area contributed by atoms with Crippen LogP contribution >= 0.6 is 15.9 Å². The second kappa shape index (κ2) is 11.0. The molecule has 1 atom stereocenters. The highest BCUT2D eigenvalue weighted by Gasteiger charge is 2.15. The van der Waals surface area contributed by atoms with Crippen LogP contribution in [0.2, 0.25) is 0 Å². The van der Waals surface area contributed by atoms with Gasteiger partial charge in [-0.05, 0) is 67.1 Å². The van der Waals surface area contributed by atoms with Gasteiger partial charge in [-0.2, -0.15) is 5.10 Å². The molecule has 10 heteroatoms. The predicted molar refractivity (Wildman–Crippen MR) is 124 cm³/mol. The summed E-state index contributed by atoms with van der Waals surface area (Å²) in [6.07, 6.45) is 0.555. The van der Waals surface area contributed by atoms with Crippen LogP contribution < -0.4 is 14.9 Å². The Morgan fingerprint density at radius 3 is 2.36 bits per heavy atom. The first-order chi connectivity index (χ1) is 15.8. The van der Waals surface area contributed by atoms with Gasteiger partial charge in [0.15, 0.2) is 6.10 Å². The van der Waals surface area contributed by atoms with Crippen LogP contribution in [0.5, 0.6) is 11.5 Å². The number of nitrogens with zero attached hydrogens (tertiary/aromatic N) is 2. The van der Waals surface area contributed by atoms with Crippen molar-refractivity contribution in [2.45, 2.75) is 13.0 Å². The van der Waals surface area contributed by atoms with Crippen LogP contribution in [0, 0.1) is 10.1 Å². The highest BCUT2D eigenvalue weighted by molar-refractivity contribution is 9.10. The fraction of sp³-hybridized carbons (Fsp3) is 0.0870. The third-order valence-corrected chi connectivity index (χ3v) is 4.76. The van der Waals surface area contributed by atoms with Crippen molar-refractivity contribution in [1.82, 2.24) is 5.43 Å². The van der Waals surface area contributed by atoms with Crippen molar-refractivity contribution in [2.75, 3.05) is 0 Å². The minimum atomic E-state index is -0.872. The van der Waals surface area contributed by atoms with Crippen molar-refractivity contribution in [3.8, 4) is 11.5 Å². The highest BCUT2D eigenvalue weighted by atomic mass is 79.9. The summed E-state index contributed by atoms with van der Waals surface area (Å²) in [7, 11) is 0. The number of ether oxygens (including phenoxy) is 2. The lowest BCUT2D eigenvalue weighted by Crippen LogP contribution is -2.33. The van der Waals surface area contributed by atoms with E-state index in [1.165, 1.54) is 37.4 Å². The van der Waals surface area contributed by atoms with E-state index in [0.717, 1.165) is 4.47 Å². The average molecular weight is 512 g/mol. The molecule has 9 nitrogen and oxygen atoms in total. The van der Waals surface area contributed by atoms with Gasteiger partial charge < -0.3 is 9.47 Å². The Bertz CT molecular complexity index is 1180. The molecule has 1 N–H and O–H groups in total. The highest BCUT2D eigenvalue weighted by Crippen LogP contribution is 2.19. The number of benzene rings is 3. The van der Waals surface area contributed by atoms with Gasteiger partial charge in [-0.15, -0.1) is 0 Å². The molecule has 1 amide bonds. The first-order valence-electron chi connectivity index (χ1n) is 9.63. The van der Waals surface area contributed by atoms with Crippen LogP contribution in [-0.2, 0) is 4.79 Å². The summed E-state index contributed by atoms with van der Waals surface area (Å²) in [6.45, 7) is 1.53. The molecular formula is C23H18BrN3O6. The van der Waals surface area contributed by atoms with Crippen LogP contribution in [0.1, 0.15) is 22.8 Å². The van der Waals surface area contributed by atoms with E-state index in [1.807, 2.05) is 6.07 Å². The molecule has 0 aliphatic heterocycles. The molecule has 0 bridgehead atoms. The lowest BCUT2D eigenvalue weighted by atomic mass is 10.2. The molecule has 168 valence electrons. The van der Waals surface area contributed by atoms with Gasteiger partial charge in [0, 0.05) is 16.6 Å². The number of nitrogens with one attached hydrogen (secondary N) is 1. The summed E-state index contributed by atoms with van der Waals surface area (Å²) in [5.74, 6) is -0.289. The van der Waals surface area contributed by atoms with Gasteiger partial charge in [-0.25, -0.2) is 10.2 Å². The number of hydrogen-bond acceptors (Lipinski definition) is 7. The standard InChI is InChI=1S/C23H18BrN3O6/c1-15(32-20-11-7-19(8-12-20)27(30)31)22(28)26-25-14-16-5-9-21(10-6-16)33-23(29)17-3-2-4-18(24)13-17/h2-15H,1H3,(H,26,28)/b25-14-/t15-/m0/s1. The molecule has 0 aliphatic rings. The molecular weight excluding hydrogens is 494 g/mol. The zero-order chi connectivity index (χ0) is 23.8. The van der Waals surface area contributed by atoms with Crippen LogP contribution in [0.4, 0.5) is 5.69 Å². The van der Waals surface area contributed by atoms with Gasteiger partial charge in [0.25, 0.3) is 11.6 Å². The predicted octanol–water partition coefficient (Wildman–Crippen LogP) is 4.49. The molecule has 0 fully saturated rings. The molecule has 3 rings (SSSR count). The monoisotopic (exact) mass is 511 g/mol. The second-order valence-electron chi connectivity index (χ2n) is 6.71. The maximum absolute atomic E-state index is 12.2. The van der Waals surface area contributed by atoms with E-state index < -0.39 is 22.9 Å². The zero-order valence-electron chi connectivity index (χ0n) is 17.3. The molecule has 0 radical (unpaired) electrons. The number of carbonyl (C=O) groups excluding carboxylic acids is 2. The van der Waals surface area contributed by atoms with Crippen LogP contribution in [0.25, 0.3) is 0 Å². The fourth-order valence-corrected chi connectivity index (χ4v) is 2.97. The van der Waals surface area contributed by atoms with E-state index in [2.05, 4.69) is 26.5 Å². The van der Waals surface area contributed by atoms with Gasteiger partial charge in [0.1, 0.15) is 11.5 Å². The van der Waals surface area contributed by atoms with Gasteiger partial charge >= 0.3 is 5.97 Å². The van der Waals surface area contributed by atoms with Crippen LogP contribution in [0.3, 0.4) is 0 Å². The molecule has 0 aromatic heterocycles. The Kier molecular flexibility index (Phi) is 7.87. The lowest BCUT2D eigenvalue weighted by Gasteiger charge is -2.12. The topological polar surface area (TPSA) is 120 Å². The van der Waals surface area contributed by atoms with Crippen LogP contribution in [-0.4, -0.2) is 29.1 Å². The molecule has 0 aliphatic carbocycles. The second-order valence-corrected chi connectivity index (χ2v) is 7.63. The smallest absolute Gasteiger partial charge is 0.343 e. The molecule has 0 heterocycles. The summed E-state index contributed by atoms with van der Waals surface area (Å²) in [5, 5.41) is 14.6. The van der Waals surface area contributed by atoms with Crippen molar-refractivity contribution < 1.29 is 24.0 Å². The fourth-order valence-electron chi connectivity index (χ4n) is 2.57. The minimum Gasteiger partial charge on any atom is -0.481 e. The molecule has 3 aromatic carbocycles. The Morgan fingerprint density at radius 2 is 1.73 bits per heavy atom. The molecule has 3 aromatic rings. The SMILES string of the molecule is C[C@H](Oc1ccc([N+](=O)[O-])cc1)C(=O)N/N=C\c1ccc(OC(=O)c2cccc(Br)c2)cc1. The third-order valence-electron chi connectivity index (χ3n) is 4.27. The largest absolute Gasteiger partial charge is 0.481 e. The molecule has 33 heavy (non-hydrogen) atoms. The molecule has 0 spiro atoms. The molecule has 0 saturated heterocycles. The Balaban J connectivity index is 1.49. The number of carbonyl (C=O) groups is 2. The van der Waals surface area contributed by atoms with Crippen molar-refractivity contribution in [1.29, 1.82) is 0 Å². The van der Waals surface area contributed by atoms with Gasteiger partial charge in [-0.3, -0.25) is 14.9 Å². The lowest BCUT2D eigenvalue weighted by molar-refractivity contribution is -0.384. The summed E-state index contributed by atoms with van der Waals surface area (Å²) < 4.78 is 11.6. The van der Waals surface area contributed by atoms with Crippen LogP contribution in [0.15, 0.2) is 82.4 Å². The number of halogens is 1. The van der Waals surface area contributed by atoms with Crippen molar-refractivity contribution in [2.24, 2.45) is 5.10 Å². The minimum absolute atomic E-state index is 0.0713. The molecule has 0 saturated carbocycles. The van der Waals surface area contributed by atoms with E-state index in [-0.39, 0.29) is 5.69 Å². The number of rotatable bonds is 8. The number of hydrazone groups is 1. The Hall–Kier alpha value is -4.05. The number of esters is 1. The van der Waals surface area contributed by atoms with E-state index in [4.69, 9.17) is 9.47 Å². The van der Waals surface area contributed by atoms with E-state index in [1.54, 1.807) is 42.5 Å². The van der Waals surface area contributed by atoms with E-state index in [9.17, 15) is 19.7 Å². The summed E-state index contributed by atoms with van der Waals surface area (Å²) in [5.41, 5.74) is 3.38. The van der Waals surface area contributed by atoms with E-state index >= 15 is 0 Å². The first kappa shape index (κ1) is 23.6. The Labute approximate surface area is 197 Å². The third kappa shape index (κ3) is 6.97. The summed E-state index contributed by atoms with van der Waals surface area (Å²) in [4.78, 5) is 34.5. The Morgan fingerprint density at radius 1 is 1.06 bits per heavy atom. The average Bonchev–Trinajstić information content (AvgIpc) is 2.80. The van der Waals surface area contributed by atoms with Gasteiger partial charge in [0.05, 0.1) is 16.7 Å². The normalized spacial score (nSPS) is 11.6. The summed E-state index contributed by atoms with van der Waals surface area (Å²) in [6, 6.07) is 18.9. The van der Waals surface area contributed by atoms with E-state index in [0.29, 0.717) is 22.6 Å². The van der Waals surface area contributed by atoms with Crippen molar-refractivity contribution in [3.63, 3.8) is 0 Å². The number of non-ortho nitro benzene ring substituents is 1. The number of amides is 1. The maximum Gasteiger partial charge on any atom is 0.343 e. The van der Waals surface area contributed by atoms with Gasteiger partial charge in [0.2, 0.25) is 0 Å². The zero-order valence-corrected chi connectivity index (χ0v) is 18.9. The first-order valence-corrected chi connectivity index (χ1v) is 10.4. The number of nitro benzene ring substituents is 1. The van der Waals surface area contributed by atoms with Crippen molar-refractivity contribution >= 4 is 39.7 Å². The summed E-state index contributed by atoms with van der Waals surface area (Å²) >= 11 is 3.31. The number of hydrogen-bond donors (Lipinski definition) is 1. The quantitative estimate of drug-likeness (QED) is 0.156.